The summed E-state index contributed by atoms with van der Waals surface area (Å²) < 4.78 is 17.9. The zero-order chi connectivity index (χ0) is 13.3. The molecule has 1 aromatic rings. The SMILES string of the molecule is COC(=O)c1cc(N2CC(O)CC2=O)ccc1F. The van der Waals surface area contributed by atoms with Gasteiger partial charge in [0, 0.05) is 5.69 Å². The molecular formula is C12H12FNO4. The predicted molar refractivity (Wildman–Crippen MR) is 60.7 cm³/mol. The lowest BCUT2D eigenvalue weighted by Gasteiger charge is -2.16. The molecule has 2 rings (SSSR count). The highest BCUT2D eigenvalue weighted by Crippen LogP contribution is 2.24. The lowest BCUT2D eigenvalue weighted by atomic mass is 10.1. The largest absolute Gasteiger partial charge is 0.465 e. The maximum Gasteiger partial charge on any atom is 0.340 e. The molecule has 6 heteroatoms. The number of esters is 1. The summed E-state index contributed by atoms with van der Waals surface area (Å²) in [5.41, 5.74) is 0.141. The molecule has 1 aromatic carbocycles. The molecule has 18 heavy (non-hydrogen) atoms. The van der Waals surface area contributed by atoms with Crippen LogP contribution < -0.4 is 4.90 Å². The van der Waals surface area contributed by atoms with E-state index < -0.39 is 17.9 Å². The lowest BCUT2D eigenvalue weighted by molar-refractivity contribution is -0.117. The molecule has 0 bridgehead atoms. The Morgan fingerprint density at radius 3 is 2.83 bits per heavy atom. The van der Waals surface area contributed by atoms with Crippen LogP contribution in [0.4, 0.5) is 10.1 Å². The van der Waals surface area contributed by atoms with Gasteiger partial charge in [0.05, 0.1) is 31.7 Å². The summed E-state index contributed by atoms with van der Waals surface area (Å²) >= 11 is 0. The Hall–Kier alpha value is -1.95. The van der Waals surface area contributed by atoms with Crippen molar-refractivity contribution in [2.75, 3.05) is 18.6 Å². The van der Waals surface area contributed by atoms with Crippen LogP contribution in [0.25, 0.3) is 0 Å². The number of anilines is 1. The quantitative estimate of drug-likeness (QED) is 0.788. The number of carbonyl (C=O) groups excluding carboxylic acids is 2. The predicted octanol–water partition coefficient (Wildman–Crippen LogP) is 0.710. The number of rotatable bonds is 2. The van der Waals surface area contributed by atoms with E-state index in [1.54, 1.807) is 0 Å². The molecule has 0 aromatic heterocycles. The van der Waals surface area contributed by atoms with E-state index in [4.69, 9.17) is 0 Å². The van der Waals surface area contributed by atoms with Crippen molar-refractivity contribution in [1.29, 1.82) is 0 Å². The fourth-order valence-corrected chi connectivity index (χ4v) is 1.89. The van der Waals surface area contributed by atoms with E-state index >= 15 is 0 Å². The Bertz CT molecular complexity index is 503. The van der Waals surface area contributed by atoms with E-state index in [0.717, 1.165) is 13.2 Å². The molecule has 1 atom stereocenters. The first-order valence-corrected chi connectivity index (χ1v) is 5.39. The number of amides is 1. The maximum absolute atomic E-state index is 13.4. The molecular weight excluding hydrogens is 241 g/mol. The second-order valence-electron chi connectivity index (χ2n) is 4.02. The van der Waals surface area contributed by atoms with Gasteiger partial charge in [0.2, 0.25) is 5.91 Å². The van der Waals surface area contributed by atoms with Crippen molar-refractivity contribution in [3.63, 3.8) is 0 Å². The zero-order valence-corrected chi connectivity index (χ0v) is 9.72. The molecule has 1 aliphatic rings. The summed E-state index contributed by atoms with van der Waals surface area (Å²) in [6.45, 7) is 0.144. The van der Waals surface area contributed by atoms with E-state index in [1.165, 1.54) is 17.0 Å². The van der Waals surface area contributed by atoms with E-state index in [0.29, 0.717) is 5.69 Å². The van der Waals surface area contributed by atoms with Crippen LogP contribution in [-0.4, -0.2) is 36.7 Å². The number of ether oxygens (including phenoxy) is 1. The van der Waals surface area contributed by atoms with Crippen molar-refractivity contribution in [1.82, 2.24) is 0 Å². The van der Waals surface area contributed by atoms with E-state index in [-0.39, 0.29) is 24.4 Å². The Labute approximate surface area is 103 Å². The van der Waals surface area contributed by atoms with Crippen molar-refractivity contribution in [2.24, 2.45) is 0 Å². The molecule has 0 radical (unpaired) electrons. The van der Waals surface area contributed by atoms with Gasteiger partial charge in [-0.15, -0.1) is 0 Å². The van der Waals surface area contributed by atoms with Crippen molar-refractivity contribution >= 4 is 17.6 Å². The van der Waals surface area contributed by atoms with Gasteiger partial charge in [0.15, 0.2) is 0 Å². The summed E-state index contributed by atoms with van der Waals surface area (Å²) in [4.78, 5) is 24.2. The first-order valence-electron chi connectivity index (χ1n) is 5.39. The van der Waals surface area contributed by atoms with Crippen LogP contribution >= 0.6 is 0 Å². The average Bonchev–Trinajstić information content (AvgIpc) is 2.68. The number of hydrogen-bond donors (Lipinski definition) is 1. The fraction of sp³-hybridized carbons (Fsp3) is 0.333. The number of benzene rings is 1. The summed E-state index contributed by atoms with van der Waals surface area (Å²) in [6.07, 6.45) is -0.700. The number of nitrogens with zero attached hydrogens (tertiary/aromatic N) is 1. The molecule has 0 saturated carbocycles. The number of halogens is 1. The number of aliphatic hydroxyl groups is 1. The number of methoxy groups -OCH3 is 1. The van der Waals surface area contributed by atoms with Crippen LogP contribution in [0.2, 0.25) is 0 Å². The molecule has 1 aliphatic heterocycles. The summed E-state index contributed by atoms with van der Waals surface area (Å²) in [5.74, 6) is -1.77. The summed E-state index contributed by atoms with van der Waals surface area (Å²) in [7, 11) is 1.15. The molecule has 1 fully saturated rings. The van der Waals surface area contributed by atoms with Gasteiger partial charge in [0.1, 0.15) is 5.82 Å². The molecule has 1 unspecified atom stereocenters. The second kappa shape index (κ2) is 4.73. The molecule has 1 N–H and O–H groups in total. The first-order chi connectivity index (χ1) is 8.52. The molecule has 1 heterocycles. The van der Waals surface area contributed by atoms with Gasteiger partial charge >= 0.3 is 5.97 Å². The highest BCUT2D eigenvalue weighted by atomic mass is 19.1. The summed E-state index contributed by atoms with van der Waals surface area (Å²) in [6, 6.07) is 3.73. The minimum Gasteiger partial charge on any atom is -0.465 e. The zero-order valence-electron chi connectivity index (χ0n) is 9.72. The third kappa shape index (κ3) is 2.19. The summed E-state index contributed by atoms with van der Waals surface area (Å²) in [5, 5.41) is 9.38. The van der Waals surface area contributed by atoms with E-state index in [2.05, 4.69) is 4.74 Å². The Kier molecular flexibility index (Phi) is 3.29. The highest BCUT2D eigenvalue weighted by molar-refractivity contribution is 5.98. The van der Waals surface area contributed by atoms with Crippen molar-refractivity contribution in [2.45, 2.75) is 12.5 Å². The van der Waals surface area contributed by atoms with Gasteiger partial charge < -0.3 is 14.7 Å². The number of β-amino-alcohol motifs (C(OH)–C–C–N with tert-alkyl or cyclic N) is 1. The molecule has 0 spiro atoms. The topological polar surface area (TPSA) is 66.8 Å². The lowest BCUT2D eigenvalue weighted by Crippen LogP contribution is -2.25. The smallest absolute Gasteiger partial charge is 0.340 e. The number of aliphatic hydroxyl groups excluding tert-OH is 1. The monoisotopic (exact) mass is 253 g/mol. The van der Waals surface area contributed by atoms with Crippen LogP contribution in [0, 0.1) is 5.82 Å². The number of carbonyl (C=O) groups is 2. The standard InChI is InChI=1S/C12H12FNO4/c1-18-12(17)9-4-7(2-3-10(9)13)14-6-8(15)5-11(14)16/h2-4,8,15H,5-6H2,1H3. The molecule has 96 valence electrons. The van der Waals surface area contributed by atoms with Crippen molar-refractivity contribution in [3.8, 4) is 0 Å². The Morgan fingerprint density at radius 1 is 1.56 bits per heavy atom. The van der Waals surface area contributed by atoms with Crippen LogP contribution in [0.1, 0.15) is 16.8 Å². The van der Waals surface area contributed by atoms with Gasteiger partial charge in [-0.3, -0.25) is 4.79 Å². The minimum absolute atomic E-state index is 0.0327. The molecule has 1 saturated heterocycles. The van der Waals surface area contributed by atoms with Gasteiger partial charge in [-0.1, -0.05) is 0 Å². The maximum atomic E-state index is 13.4. The van der Waals surface area contributed by atoms with Crippen LogP contribution in [0.5, 0.6) is 0 Å². The van der Waals surface area contributed by atoms with Gasteiger partial charge in [-0.25, -0.2) is 9.18 Å². The molecule has 5 nitrogen and oxygen atoms in total. The molecule has 1 amide bonds. The fourth-order valence-electron chi connectivity index (χ4n) is 1.89. The van der Waals surface area contributed by atoms with E-state index in [9.17, 15) is 19.1 Å². The third-order valence-electron chi connectivity index (χ3n) is 2.77. The normalized spacial score (nSPS) is 19.2. The van der Waals surface area contributed by atoms with Crippen LogP contribution in [-0.2, 0) is 9.53 Å². The van der Waals surface area contributed by atoms with Gasteiger partial charge in [-0.05, 0) is 18.2 Å². The average molecular weight is 253 g/mol. The Balaban J connectivity index is 2.35. The number of hydrogen-bond acceptors (Lipinski definition) is 4. The van der Waals surface area contributed by atoms with Gasteiger partial charge in [0.25, 0.3) is 0 Å². The van der Waals surface area contributed by atoms with E-state index in [1.807, 2.05) is 0 Å². The second-order valence-corrected chi connectivity index (χ2v) is 4.02. The highest BCUT2D eigenvalue weighted by Gasteiger charge is 2.29. The first kappa shape index (κ1) is 12.5. The van der Waals surface area contributed by atoms with Gasteiger partial charge in [-0.2, -0.15) is 0 Å². The van der Waals surface area contributed by atoms with Crippen LogP contribution in [0.15, 0.2) is 18.2 Å². The van der Waals surface area contributed by atoms with Crippen LogP contribution in [0.3, 0.4) is 0 Å². The third-order valence-corrected chi connectivity index (χ3v) is 2.77. The van der Waals surface area contributed by atoms with Crippen molar-refractivity contribution < 1.29 is 23.8 Å². The minimum atomic E-state index is -0.804. The van der Waals surface area contributed by atoms with Crippen molar-refractivity contribution in [3.05, 3.63) is 29.6 Å². The Morgan fingerprint density at radius 2 is 2.28 bits per heavy atom. The molecule has 0 aliphatic carbocycles.